The molecule has 10 atom stereocenters. The van der Waals surface area contributed by atoms with Gasteiger partial charge in [0.25, 0.3) is 0 Å². The molecule has 5 fully saturated rings. The molecular formula is C27H48N2O. The number of nitrogens with one attached hydrogen (secondary N) is 1. The fraction of sp³-hybridized carbons (Fsp3) is 1.00. The maximum Gasteiger partial charge on any atom is 0.0594 e. The van der Waals surface area contributed by atoms with Crippen LogP contribution in [0.5, 0.6) is 0 Å². The van der Waals surface area contributed by atoms with Crippen LogP contribution in [0.15, 0.2) is 0 Å². The van der Waals surface area contributed by atoms with Crippen molar-refractivity contribution in [3.05, 3.63) is 0 Å². The Morgan fingerprint density at radius 2 is 1.53 bits per heavy atom. The number of rotatable bonds is 3. The van der Waals surface area contributed by atoms with Gasteiger partial charge in [-0.1, -0.05) is 27.7 Å². The number of aliphatic hydroxyl groups excluding tert-OH is 1. The topological polar surface area (TPSA) is 35.5 Å². The highest BCUT2D eigenvalue weighted by molar-refractivity contribution is 5.31. The molecule has 0 aromatic carbocycles. The summed E-state index contributed by atoms with van der Waals surface area (Å²) in [4.78, 5) is 2.35. The third-order valence-corrected chi connectivity index (χ3v) is 12.9. The van der Waals surface area contributed by atoms with E-state index in [0.717, 1.165) is 18.3 Å². The van der Waals surface area contributed by atoms with Gasteiger partial charge in [-0.25, -0.2) is 0 Å². The second kappa shape index (κ2) is 6.26. The molecule has 172 valence electrons. The number of aliphatic hydroxyl groups is 1. The molecule has 0 aromatic rings. The van der Waals surface area contributed by atoms with E-state index in [1.807, 2.05) is 0 Å². The van der Waals surface area contributed by atoms with Crippen LogP contribution in [0.1, 0.15) is 86.0 Å². The molecule has 0 aliphatic heterocycles. The predicted molar refractivity (Wildman–Crippen MR) is 124 cm³/mol. The molecule has 0 bridgehead atoms. The first-order valence-electron chi connectivity index (χ1n) is 12.9. The first kappa shape index (κ1) is 21.7. The number of hydrogen-bond donors (Lipinski definition) is 2. The summed E-state index contributed by atoms with van der Waals surface area (Å²) >= 11 is 0. The molecule has 30 heavy (non-hydrogen) atoms. The molecule has 2 spiro atoms. The van der Waals surface area contributed by atoms with Crippen LogP contribution in [-0.4, -0.2) is 49.3 Å². The van der Waals surface area contributed by atoms with E-state index in [4.69, 9.17) is 0 Å². The van der Waals surface area contributed by atoms with E-state index in [9.17, 15) is 5.11 Å². The molecule has 0 amide bonds. The van der Waals surface area contributed by atoms with Crippen molar-refractivity contribution in [1.29, 1.82) is 0 Å². The highest BCUT2D eigenvalue weighted by atomic mass is 16.3. The predicted octanol–water partition coefficient (Wildman–Crippen LogP) is 4.93. The second-order valence-electron chi connectivity index (χ2n) is 13.7. The Bertz CT molecular complexity index is 720. The zero-order valence-corrected chi connectivity index (χ0v) is 21.0. The Labute approximate surface area is 185 Å². The molecule has 3 heteroatoms. The first-order chi connectivity index (χ1) is 13.9. The summed E-state index contributed by atoms with van der Waals surface area (Å²) in [5, 5.41) is 15.1. The summed E-state index contributed by atoms with van der Waals surface area (Å²) in [5.74, 6) is 2.10. The zero-order chi connectivity index (χ0) is 21.9. The van der Waals surface area contributed by atoms with Crippen molar-refractivity contribution in [2.24, 2.45) is 44.8 Å². The molecule has 5 saturated carbocycles. The van der Waals surface area contributed by atoms with Gasteiger partial charge in [-0.05, 0) is 118 Å². The van der Waals surface area contributed by atoms with Gasteiger partial charge in [0.1, 0.15) is 0 Å². The van der Waals surface area contributed by atoms with Crippen LogP contribution in [-0.2, 0) is 0 Å². The van der Waals surface area contributed by atoms with Crippen LogP contribution in [0.4, 0.5) is 0 Å². The minimum absolute atomic E-state index is 0.142. The SMILES string of the molecule is CN[C@H]1CC[C@]23C[C@]24CC[C@]2(C)[C@H]([C@H](C)N(C)C)[C@H](O)C[C@@]2(C)[C@@H]4CC[C@H]3C1(C)C. The van der Waals surface area contributed by atoms with Gasteiger partial charge in [0.2, 0.25) is 0 Å². The fourth-order valence-electron chi connectivity index (χ4n) is 11.2. The van der Waals surface area contributed by atoms with Crippen LogP contribution in [0, 0.1) is 44.8 Å². The van der Waals surface area contributed by atoms with Crippen LogP contribution in [0.3, 0.4) is 0 Å². The van der Waals surface area contributed by atoms with Gasteiger partial charge < -0.3 is 15.3 Å². The Morgan fingerprint density at radius 3 is 2.17 bits per heavy atom. The largest absolute Gasteiger partial charge is 0.393 e. The lowest BCUT2D eigenvalue weighted by molar-refractivity contribution is -0.146. The lowest BCUT2D eigenvalue weighted by Gasteiger charge is -2.63. The summed E-state index contributed by atoms with van der Waals surface area (Å²) in [7, 11) is 6.58. The number of nitrogens with zero attached hydrogens (tertiary/aromatic N) is 1. The van der Waals surface area contributed by atoms with Gasteiger partial charge >= 0.3 is 0 Å². The van der Waals surface area contributed by atoms with E-state index in [1.54, 1.807) is 0 Å². The normalized spacial score (nSPS) is 57.2. The Morgan fingerprint density at radius 1 is 0.900 bits per heavy atom. The van der Waals surface area contributed by atoms with Crippen molar-refractivity contribution in [3.8, 4) is 0 Å². The molecule has 0 unspecified atom stereocenters. The summed E-state index contributed by atoms with van der Waals surface area (Å²) in [6, 6.07) is 1.11. The maximum absolute atomic E-state index is 11.4. The van der Waals surface area contributed by atoms with Crippen LogP contribution in [0.25, 0.3) is 0 Å². The third-order valence-electron chi connectivity index (χ3n) is 12.9. The molecule has 3 nitrogen and oxygen atoms in total. The molecule has 0 aromatic heterocycles. The van der Waals surface area contributed by atoms with Crippen LogP contribution in [0.2, 0.25) is 0 Å². The van der Waals surface area contributed by atoms with Gasteiger partial charge in [-0.2, -0.15) is 0 Å². The third kappa shape index (κ3) is 2.24. The molecular weight excluding hydrogens is 368 g/mol. The van der Waals surface area contributed by atoms with E-state index >= 15 is 0 Å². The molecule has 0 heterocycles. The first-order valence-corrected chi connectivity index (χ1v) is 12.9. The molecule has 5 aliphatic carbocycles. The Balaban J connectivity index is 1.51. The fourth-order valence-corrected chi connectivity index (χ4v) is 11.2. The number of hydrogen-bond acceptors (Lipinski definition) is 3. The van der Waals surface area contributed by atoms with Gasteiger partial charge in [0.15, 0.2) is 0 Å². The van der Waals surface area contributed by atoms with E-state index in [0.29, 0.717) is 34.2 Å². The van der Waals surface area contributed by atoms with Crippen LogP contribution >= 0.6 is 0 Å². The molecule has 2 N–H and O–H groups in total. The summed E-state index contributed by atoms with van der Waals surface area (Å²) in [5.41, 5.74) is 2.14. The smallest absolute Gasteiger partial charge is 0.0594 e. The van der Waals surface area contributed by atoms with Crippen molar-refractivity contribution >= 4 is 0 Å². The summed E-state index contributed by atoms with van der Waals surface area (Å²) < 4.78 is 0. The zero-order valence-electron chi connectivity index (χ0n) is 21.0. The average molecular weight is 417 g/mol. The Kier molecular flexibility index (Phi) is 4.53. The standard InChI is InChI=1S/C27H48N2O/c1-17(29(7)8)22-18(30)15-25(5)20-10-9-19-23(2,3)21(28-6)11-12-26(19)16-27(20,26)14-13-24(22,25)4/h17-22,28,30H,9-16H2,1-8H3/t17-,18+,19-,20-,21-,22+,24+,25-,26+,27-/m0/s1. The number of fused-ring (bicyclic) bond motifs is 2. The van der Waals surface area contributed by atoms with Crippen molar-refractivity contribution in [2.45, 2.75) is 104 Å². The monoisotopic (exact) mass is 416 g/mol. The van der Waals surface area contributed by atoms with Gasteiger partial charge in [0.05, 0.1) is 6.10 Å². The average Bonchev–Trinajstić information content (AvgIpc) is 3.27. The van der Waals surface area contributed by atoms with Crippen molar-refractivity contribution in [1.82, 2.24) is 10.2 Å². The lowest BCUT2D eigenvalue weighted by atomic mass is 9.42. The van der Waals surface area contributed by atoms with Gasteiger partial charge in [0, 0.05) is 18.0 Å². The summed E-state index contributed by atoms with van der Waals surface area (Å²) in [6.07, 6.45) is 10.7. The highest BCUT2D eigenvalue weighted by Crippen LogP contribution is 2.88. The second-order valence-corrected chi connectivity index (χ2v) is 13.7. The molecule has 0 radical (unpaired) electrons. The minimum Gasteiger partial charge on any atom is -0.393 e. The van der Waals surface area contributed by atoms with Crippen molar-refractivity contribution < 1.29 is 5.11 Å². The van der Waals surface area contributed by atoms with E-state index in [2.05, 4.69) is 66.0 Å². The van der Waals surface area contributed by atoms with E-state index in [-0.39, 0.29) is 16.9 Å². The highest BCUT2D eigenvalue weighted by Gasteiger charge is 2.82. The maximum atomic E-state index is 11.4. The Hall–Kier alpha value is -0.120. The van der Waals surface area contributed by atoms with Crippen LogP contribution < -0.4 is 5.32 Å². The minimum atomic E-state index is -0.142. The van der Waals surface area contributed by atoms with Gasteiger partial charge in [-0.15, -0.1) is 0 Å². The molecule has 5 rings (SSSR count). The van der Waals surface area contributed by atoms with Gasteiger partial charge in [-0.3, -0.25) is 0 Å². The quantitative estimate of drug-likeness (QED) is 0.684. The molecule has 0 saturated heterocycles. The van der Waals surface area contributed by atoms with Crippen molar-refractivity contribution in [2.75, 3.05) is 21.1 Å². The lowest BCUT2D eigenvalue weighted by Crippen LogP contribution is -2.59. The van der Waals surface area contributed by atoms with E-state index in [1.165, 1.54) is 44.9 Å². The summed E-state index contributed by atoms with van der Waals surface area (Å²) in [6.45, 7) is 12.7. The van der Waals surface area contributed by atoms with E-state index < -0.39 is 0 Å². The van der Waals surface area contributed by atoms with Crippen molar-refractivity contribution in [3.63, 3.8) is 0 Å². The molecule has 5 aliphatic rings.